The molecule has 1 heterocycles. The lowest BCUT2D eigenvalue weighted by Crippen LogP contribution is -2.50. The molecule has 0 saturated carbocycles. The molecule has 0 spiro atoms. The van der Waals surface area contributed by atoms with Crippen molar-refractivity contribution >= 4 is 33.4 Å². The molecule has 3 aromatic carbocycles. The Hall–Kier alpha value is -2.92. The van der Waals surface area contributed by atoms with E-state index in [1.165, 1.54) is 4.90 Å². The molecular weight excluding hydrogens is 454 g/mol. The molecule has 5 heteroatoms. The van der Waals surface area contributed by atoms with Crippen molar-refractivity contribution in [1.82, 2.24) is 0 Å². The number of rotatable bonds is 3. The Kier molecular flexibility index (Phi) is 3.97. The van der Waals surface area contributed by atoms with E-state index < -0.39 is 16.2 Å². The standard InChI is InChI=1S/C26H20BrNO3/c1-2-31-16-13-11-15(12-14-16)28-24(29)22-21-17-7-3-5-9-19(17)26(27,23(22)25(28)30)20-10-6-4-8-18(20)21/h3-14,21-23H,2H2,1H3. The van der Waals surface area contributed by atoms with E-state index in [9.17, 15) is 9.59 Å². The van der Waals surface area contributed by atoms with Crippen molar-refractivity contribution in [2.75, 3.05) is 11.5 Å². The second-order valence-corrected chi connectivity index (χ2v) is 9.56. The van der Waals surface area contributed by atoms with Crippen LogP contribution in [0.2, 0.25) is 0 Å². The number of ether oxygens (including phenoxy) is 1. The molecule has 31 heavy (non-hydrogen) atoms. The first-order valence-electron chi connectivity index (χ1n) is 10.6. The summed E-state index contributed by atoms with van der Waals surface area (Å²) in [5, 5.41) is 0. The highest BCUT2D eigenvalue weighted by Crippen LogP contribution is 2.66. The topological polar surface area (TPSA) is 46.6 Å². The molecular formula is C26H20BrNO3. The zero-order valence-corrected chi connectivity index (χ0v) is 18.5. The fourth-order valence-corrected chi connectivity index (χ4v) is 6.99. The third-order valence-corrected chi connectivity index (χ3v) is 8.27. The van der Waals surface area contributed by atoms with Crippen molar-refractivity contribution in [2.24, 2.45) is 11.8 Å². The van der Waals surface area contributed by atoms with Crippen LogP contribution in [-0.2, 0) is 13.9 Å². The fraction of sp³-hybridized carbons (Fsp3) is 0.231. The second kappa shape index (κ2) is 6.54. The minimum Gasteiger partial charge on any atom is -0.494 e. The summed E-state index contributed by atoms with van der Waals surface area (Å²) in [6, 6.07) is 23.6. The van der Waals surface area contributed by atoms with E-state index >= 15 is 0 Å². The summed E-state index contributed by atoms with van der Waals surface area (Å²) in [7, 11) is 0. The zero-order chi connectivity index (χ0) is 21.3. The highest BCUT2D eigenvalue weighted by Gasteiger charge is 2.67. The van der Waals surface area contributed by atoms with Crippen LogP contribution in [0.25, 0.3) is 0 Å². The van der Waals surface area contributed by atoms with Gasteiger partial charge in [0.05, 0.1) is 28.5 Å². The van der Waals surface area contributed by atoms with Crippen LogP contribution in [0.4, 0.5) is 5.69 Å². The van der Waals surface area contributed by atoms with Crippen LogP contribution in [0.15, 0.2) is 72.8 Å². The first-order chi connectivity index (χ1) is 15.1. The molecule has 2 atom stereocenters. The number of alkyl halides is 1. The predicted octanol–water partition coefficient (Wildman–Crippen LogP) is 4.99. The molecule has 4 aliphatic rings. The van der Waals surface area contributed by atoms with Crippen LogP contribution >= 0.6 is 15.9 Å². The molecule has 7 rings (SSSR count). The number of hydrogen-bond donors (Lipinski definition) is 0. The third kappa shape index (κ3) is 2.30. The lowest BCUT2D eigenvalue weighted by molar-refractivity contribution is -0.122. The number of nitrogens with zero attached hydrogens (tertiary/aromatic N) is 1. The van der Waals surface area contributed by atoms with Crippen molar-refractivity contribution in [2.45, 2.75) is 17.2 Å². The Morgan fingerprint density at radius 3 is 2.03 bits per heavy atom. The molecule has 154 valence electrons. The number of imide groups is 1. The molecule has 3 aromatic rings. The van der Waals surface area contributed by atoms with Gasteiger partial charge in [0.1, 0.15) is 5.75 Å². The lowest BCUT2D eigenvalue weighted by Gasteiger charge is -2.51. The van der Waals surface area contributed by atoms with E-state index in [0.29, 0.717) is 12.3 Å². The van der Waals surface area contributed by atoms with Gasteiger partial charge in [-0.15, -0.1) is 0 Å². The van der Waals surface area contributed by atoms with Crippen LogP contribution < -0.4 is 9.64 Å². The smallest absolute Gasteiger partial charge is 0.239 e. The number of carbonyl (C=O) groups is 2. The van der Waals surface area contributed by atoms with E-state index in [2.05, 4.69) is 40.2 Å². The Bertz CT molecular complexity index is 1190. The number of amides is 2. The van der Waals surface area contributed by atoms with Crippen molar-refractivity contribution < 1.29 is 14.3 Å². The average Bonchev–Trinajstić information content (AvgIpc) is 3.07. The third-order valence-electron chi connectivity index (χ3n) is 6.92. The van der Waals surface area contributed by atoms with Gasteiger partial charge in [-0.05, 0) is 53.4 Å². The van der Waals surface area contributed by atoms with Gasteiger partial charge in [0.2, 0.25) is 11.8 Å². The molecule has 3 aliphatic carbocycles. The summed E-state index contributed by atoms with van der Waals surface area (Å²) in [5.41, 5.74) is 5.05. The first kappa shape index (κ1) is 18.8. The van der Waals surface area contributed by atoms with Crippen LogP contribution in [0.1, 0.15) is 35.1 Å². The monoisotopic (exact) mass is 473 g/mol. The van der Waals surface area contributed by atoms with Crippen molar-refractivity contribution in [3.05, 3.63) is 95.1 Å². The summed E-state index contributed by atoms with van der Waals surface area (Å²) in [6.45, 7) is 2.49. The maximum absolute atomic E-state index is 13.8. The Morgan fingerprint density at radius 2 is 1.45 bits per heavy atom. The van der Waals surface area contributed by atoms with Crippen LogP contribution in [0.3, 0.4) is 0 Å². The Morgan fingerprint density at radius 1 is 0.871 bits per heavy atom. The van der Waals surface area contributed by atoms with E-state index in [4.69, 9.17) is 4.74 Å². The quantitative estimate of drug-likeness (QED) is 0.397. The molecule has 2 amide bonds. The van der Waals surface area contributed by atoms with Gasteiger partial charge in [-0.2, -0.15) is 0 Å². The molecule has 1 fully saturated rings. The van der Waals surface area contributed by atoms with Crippen molar-refractivity contribution in [3.8, 4) is 5.75 Å². The number of halogens is 1. The van der Waals surface area contributed by atoms with Gasteiger partial charge >= 0.3 is 0 Å². The minimum atomic E-state index is -0.716. The summed E-state index contributed by atoms with van der Waals surface area (Å²) >= 11 is 4.02. The first-order valence-corrected chi connectivity index (χ1v) is 11.3. The van der Waals surface area contributed by atoms with Gasteiger partial charge in [-0.3, -0.25) is 9.59 Å². The number of anilines is 1. The van der Waals surface area contributed by atoms with Gasteiger partial charge in [0.15, 0.2) is 0 Å². The highest BCUT2D eigenvalue weighted by atomic mass is 79.9. The summed E-state index contributed by atoms with van der Waals surface area (Å²) in [4.78, 5) is 29.0. The van der Waals surface area contributed by atoms with Crippen molar-refractivity contribution in [1.29, 1.82) is 0 Å². The minimum absolute atomic E-state index is 0.124. The maximum Gasteiger partial charge on any atom is 0.239 e. The molecule has 1 saturated heterocycles. The second-order valence-electron chi connectivity index (χ2n) is 8.31. The molecule has 1 aliphatic heterocycles. The van der Waals surface area contributed by atoms with Crippen LogP contribution in [0.5, 0.6) is 5.75 Å². The molecule has 2 bridgehead atoms. The van der Waals surface area contributed by atoms with Gasteiger partial charge in [-0.25, -0.2) is 4.90 Å². The Labute approximate surface area is 189 Å². The maximum atomic E-state index is 13.8. The fourth-order valence-electron chi connectivity index (χ4n) is 5.79. The van der Waals surface area contributed by atoms with Gasteiger partial charge < -0.3 is 4.74 Å². The lowest BCUT2D eigenvalue weighted by atomic mass is 9.55. The van der Waals surface area contributed by atoms with Crippen LogP contribution in [-0.4, -0.2) is 18.4 Å². The molecule has 0 aromatic heterocycles. The van der Waals surface area contributed by atoms with E-state index in [-0.39, 0.29) is 17.7 Å². The van der Waals surface area contributed by atoms with E-state index in [1.807, 2.05) is 43.3 Å². The summed E-state index contributed by atoms with van der Waals surface area (Å²) < 4.78 is 4.80. The highest BCUT2D eigenvalue weighted by molar-refractivity contribution is 9.09. The number of carbonyl (C=O) groups excluding carboxylic acids is 2. The van der Waals surface area contributed by atoms with E-state index in [0.717, 1.165) is 28.0 Å². The van der Waals surface area contributed by atoms with Crippen LogP contribution in [0, 0.1) is 11.8 Å². The molecule has 2 unspecified atom stereocenters. The average molecular weight is 474 g/mol. The summed E-state index contributed by atoms with van der Waals surface area (Å²) in [5.74, 6) is -0.591. The molecule has 4 nitrogen and oxygen atoms in total. The molecule has 0 N–H and O–H groups in total. The van der Waals surface area contributed by atoms with Crippen molar-refractivity contribution in [3.63, 3.8) is 0 Å². The SMILES string of the molecule is CCOc1ccc(N2C(=O)C3C4c5ccccc5C(Br)(c5ccccc54)C3C2=O)cc1. The number of benzene rings is 3. The normalized spacial score (nSPS) is 27.7. The van der Waals surface area contributed by atoms with Gasteiger partial charge in [0.25, 0.3) is 0 Å². The van der Waals surface area contributed by atoms with E-state index in [1.54, 1.807) is 12.1 Å². The van der Waals surface area contributed by atoms with Gasteiger partial charge in [0, 0.05) is 5.92 Å². The summed E-state index contributed by atoms with van der Waals surface area (Å²) in [6.07, 6.45) is 0. The Balaban J connectivity index is 1.53. The largest absolute Gasteiger partial charge is 0.494 e. The molecule has 0 radical (unpaired) electrons. The zero-order valence-electron chi connectivity index (χ0n) is 16.9. The van der Waals surface area contributed by atoms with Gasteiger partial charge in [-0.1, -0.05) is 64.5 Å². The number of hydrogen-bond acceptors (Lipinski definition) is 3. The predicted molar refractivity (Wildman–Crippen MR) is 122 cm³/mol.